The van der Waals surface area contributed by atoms with Crippen molar-refractivity contribution < 1.29 is 33.2 Å². The normalized spacial score (nSPS) is 23.4. The van der Waals surface area contributed by atoms with Gasteiger partial charge in [0, 0.05) is 5.88 Å². The molecule has 3 rings (SSSR count). The van der Waals surface area contributed by atoms with E-state index < -0.39 is 30.7 Å². The monoisotopic (exact) mass is 532 g/mol. The molecule has 7 nitrogen and oxygen atoms in total. The average molecular weight is 533 g/mol. The number of alkyl halides is 1. The van der Waals surface area contributed by atoms with Gasteiger partial charge >= 0.3 is 0 Å². The molecule has 0 saturated carbocycles. The first-order valence-electron chi connectivity index (χ1n) is 12.5. The fourth-order valence-electron chi connectivity index (χ4n) is 3.93. The van der Waals surface area contributed by atoms with Crippen LogP contribution in [0.5, 0.6) is 5.75 Å². The minimum atomic E-state index is -0.769. The molecule has 0 N–H and O–H groups in total. The smallest absolute Gasteiger partial charge is 0.229 e. The lowest BCUT2D eigenvalue weighted by molar-refractivity contribution is -0.302. The molecule has 0 spiro atoms. The summed E-state index contributed by atoms with van der Waals surface area (Å²) < 4.78 is 42.9. The fourth-order valence-corrected chi connectivity index (χ4v) is 4.04. The van der Waals surface area contributed by atoms with Crippen LogP contribution in [0.25, 0.3) is 0 Å². The van der Waals surface area contributed by atoms with Gasteiger partial charge in [0.15, 0.2) is 0 Å². The molecule has 1 aliphatic heterocycles. The molecule has 0 radical (unpaired) electrons. The maximum Gasteiger partial charge on any atom is 0.229 e. The Morgan fingerprint density at radius 3 is 2.11 bits per heavy atom. The van der Waals surface area contributed by atoms with E-state index in [0.29, 0.717) is 44.7 Å². The summed E-state index contributed by atoms with van der Waals surface area (Å²) in [6.45, 7) is 10.0. The zero-order chi connectivity index (χ0) is 26.1. The molecular weight excluding hydrogens is 496 g/mol. The van der Waals surface area contributed by atoms with Crippen LogP contribution in [-0.2, 0) is 35.0 Å². The minimum Gasteiger partial charge on any atom is -0.462 e. The highest BCUT2D eigenvalue weighted by Crippen LogP contribution is 2.30. The van der Waals surface area contributed by atoms with Crippen molar-refractivity contribution in [1.29, 1.82) is 0 Å². The molecule has 202 valence electrons. The van der Waals surface area contributed by atoms with Crippen LogP contribution in [0.2, 0.25) is 0 Å². The number of hydrogen-bond acceptors (Lipinski definition) is 7. The highest BCUT2D eigenvalue weighted by atomic mass is 35.5. The molecular formula is C29H37ClO7. The summed E-state index contributed by atoms with van der Waals surface area (Å²) in [6, 6.07) is 19.4. The number of para-hydroxylation sites is 1. The van der Waals surface area contributed by atoms with Gasteiger partial charge in [-0.3, -0.25) is 0 Å². The van der Waals surface area contributed by atoms with Crippen LogP contribution < -0.4 is 4.74 Å². The molecule has 0 amide bonds. The summed E-state index contributed by atoms with van der Waals surface area (Å²) >= 11 is 5.72. The van der Waals surface area contributed by atoms with Crippen molar-refractivity contribution in [2.24, 2.45) is 0 Å². The standard InChI is InChI=1S/C29H37ClO7/c1-3-16-33-27-26(35-20-19-31-18-15-30)25(22-32-21-23-11-7-5-8-12-23)37-29(28(27)34-17-4-2)36-24-13-9-6-10-14-24/h3-14,25-29H,1-2,15-22H2/t25-,26+,27+,28-,29-/m1/s1. The van der Waals surface area contributed by atoms with Gasteiger partial charge < -0.3 is 33.2 Å². The third kappa shape index (κ3) is 9.87. The van der Waals surface area contributed by atoms with Crippen molar-refractivity contribution in [3.8, 4) is 5.75 Å². The summed E-state index contributed by atoms with van der Waals surface area (Å²) in [6.07, 6.45) is 0.458. The van der Waals surface area contributed by atoms with E-state index in [2.05, 4.69) is 13.2 Å². The topological polar surface area (TPSA) is 64.6 Å². The third-order valence-electron chi connectivity index (χ3n) is 5.55. The number of hydrogen-bond donors (Lipinski definition) is 0. The van der Waals surface area contributed by atoms with Gasteiger partial charge in [-0.15, -0.1) is 24.8 Å². The van der Waals surface area contributed by atoms with E-state index in [4.69, 9.17) is 44.8 Å². The van der Waals surface area contributed by atoms with Crippen molar-refractivity contribution in [3.05, 3.63) is 91.5 Å². The molecule has 1 heterocycles. The van der Waals surface area contributed by atoms with Crippen LogP contribution in [0.15, 0.2) is 86.0 Å². The molecule has 5 atom stereocenters. The molecule has 2 aromatic rings. The van der Waals surface area contributed by atoms with Crippen LogP contribution in [0, 0.1) is 0 Å². The summed E-state index contributed by atoms with van der Waals surface area (Å²) in [5.74, 6) is 1.07. The zero-order valence-electron chi connectivity index (χ0n) is 21.1. The van der Waals surface area contributed by atoms with E-state index in [1.54, 1.807) is 12.2 Å². The van der Waals surface area contributed by atoms with Crippen molar-refractivity contribution in [2.75, 3.05) is 45.5 Å². The van der Waals surface area contributed by atoms with E-state index in [0.717, 1.165) is 5.56 Å². The second kappa shape index (κ2) is 17.3. The van der Waals surface area contributed by atoms with E-state index in [1.807, 2.05) is 60.7 Å². The number of rotatable bonds is 18. The van der Waals surface area contributed by atoms with Gasteiger partial charge in [0.05, 0.1) is 46.2 Å². The van der Waals surface area contributed by atoms with E-state index >= 15 is 0 Å². The molecule has 0 unspecified atom stereocenters. The van der Waals surface area contributed by atoms with E-state index in [1.165, 1.54) is 0 Å². The van der Waals surface area contributed by atoms with Crippen LogP contribution in [-0.4, -0.2) is 76.2 Å². The Hall–Kier alpha value is -2.23. The van der Waals surface area contributed by atoms with Gasteiger partial charge in [0.1, 0.15) is 30.2 Å². The highest BCUT2D eigenvalue weighted by molar-refractivity contribution is 6.17. The zero-order valence-corrected chi connectivity index (χ0v) is 21.9. The Morgan fingerprint density at radius 2 is 1.43 bits per heavy atom. The van der Waals surface area contributed by atoms with Gasteiger partial charge in [-0.2, -0.15) is 0 Å². The van der Waals surface area contributed by atoms with Gasteiger partial charge in [0.2, 0.25) is 6.29 Å². The first-order chi connectivity index (χ1) is 18.3. The van der Waals surface area contributed by atoms with Gasteiger partial charge in [-0.25, -0.2) is 0 Å². The molecule has 8 heteroatoms. The lowest BCUT2D eigenvalue weighted by atomic mass is 9.98. The molecule has 0 aromatic heterocycles. The Balaban J connectivity index is 1.81. The van der Waals surface area contributed by atoms with Crippen molar-refractivity contribution in [1.82, 2.24) is 0 Å². The Morgan fingerprint density at radius 1 is 0.757 bits per heavy atom. The Bertz CT molecular complexity index is 882. The second-order valence-corrected chi connectivity index (χ2v) is 8.66. The molecule has 0 bridgehead atoms. The van der Waals surface area contributed by atoms with Gasteiger partial charge in [0.25, 0.3) is 0 Å². The second-order valence-electron chi connectivity index (χ2n) is 8.28. The maximum absolute atomic E-state index is 6.44. The number of ether oxygens (including phenoxy) is 7. The lowest BCUT2D eigenvalue weighted by Gasteiger charge is -2.45. The predicted molar refractivity (Wildman–Crippen MR) is 143 cm³/mol. The molecule has 0 aliphatic carbocycles. The predicted octanol–water partition coefficient (Wildman–Crippen LogP) is 4.79. The van der Waals surface area contributed by atoms with E-state index in [9.17, 15) is 0 Å². The SMILES string of the molecule is C=CCO[C@H]1[C@@H](OCCOCCCl)[C@@H](COCc2ccccc2)O[C@@H](Oc2ccccc2)[C@@H]1OCC=C. The van der Waals surface area contributed by atoms with Gasteiger partial charge in [-0.05, 0) is 17.7 Å². The summed E-state index contributed by atoms with van der Waals surface area (Å²) in [4.78, 5) is 0. The lowest BCUT2D eigenvalue weighted by Crippen LogP contribution is -2.63. The first-order valence-corrected chi connectivity index (χ1v) is 13.0. The van der Waals surface area contributed by atoms with Gasteiger partial charge in [-0.1, -0.05) is 60.7 Å². The summed E-state index contributed by atoms with van der Waals surface area (Å²) in [5, 5.41) is 0. The number of benzene rings is 2. The Labute approximate surface area is 224 Å². The van der Waals surface area contributed by atoms with Crippen LogP contribution in [0.1, 0.15) is 5.56 Å². The maximum atomic E-state index is 6.44. The van der Waals surface area contributed by atoms with Crippen molar-refractivity contribution >= 4 is 11.6 Å². The molecule has 1 aliphatic rings. The number of halogens is 1. The molecule has 1 fully saturated rings. The molecule has 1 saturated heterocycles. The molecule has 37 heavy (non-hydrogen) atoms. The summed E-state index contributed by atoms with van der Waals surface area (Å²) in [7, 11) is 0. The van der Waals surface area contributed by atoms with Crippen molar-refractivity contribution in [3.63, 3.8) is 0 Å². The Kier molecular flexibility index (Phi) is 13.7. The first kappa shape index (κ1) is 29.3. The van der Waals surface area contributed by atoms with E-state index in [-0.39, 0.29) is 13.2 Å². The van der Waals surface area contributed by atoms with Crippen LogP contribution in [0.3, 0.4) is 0 Å². The largest absolute Gasteiger partial charge is 0.462 e. The highest BCUT2D eigenvalue weighted by Gasteiger charge is 2.49. The minimum absolute atomic E-state index is 0.263. The van der Waals surface area contributed by atoms with Crippen molar-refractivity contribution in [2.45, 2.75) is 37.3 Å². The molecule has 2 aromatic carbocycles. The fraction of sp³-hybridized carbons (Fsp3) is 0.448. The third-order valence-corrected chi connectivity index (χ3v) is 5.71. The van der Waals surface area contributed by atoms with Crippen LogP contribution in [0.4, 0.5) is 0 Å². The average Bonchev–Trinajstić information content (AvgIpc) is 2.93. The van der Waals surface area contributed by atoms with Crippen LogP contribution >= 0.6 is 11.6 Å². The summed E-state index contributed by atoms with van der Waals surface area (Å²) in [5.41, 5.74) is 1.06. The quantitative estimate of drug-likeness (QED) is 0.155.